The van der Waals surface area contributed by atoms with E-state index in [0.717, 1.165) is 19.4 Å². The average Bonchev–Trinajstić information content (AvgIpc) is 3.20. The number of nitrogens with one attached hydrogen (secondary N) is 1. The van der Waals surface area contributed by atoms with Gasteiger partial charge in [-0.25, -0.2) is 13.4 Å². The van der Waals surface area contributed by atoms with Gasteiger partial charge < -0.3 is 9.88 Å². The molecule has 4 rings (SSSR count). The van der Waals surface area contributed by atoms with Crippen molar-refractivity contribution in [2.24, 2.45) is 0 Å². The fourth-order valence-corrected chi connectivity index (χ4v) is 6.30. The Bertz CT molecular complexity index is 975. The van der Waals surface area contributed by atoms with Crippen LogP contribution in [-0.2, 0) is 14.8 Å². The summed E-state index contributed by atoms with van der Waals surface area (Å²) in [4.78, 5) is 24.4. The molecule has 1 aliphatic carbocycles. The molecule has 9 heteroatoms. The molecule has 8 nitrogen and oxygen atoms in total. The van der Waals surface area contributed by atoms with Crippen LogP contribution >= 0.6 is 0 Å². The van der Waals surface area contributed by atoms with Crippen molar-refractivity contribution in [1.29, 1.82) is 0 Å². The molecule has 1 amide bonds. The van der Waals surface area contributed by atoms with Gasteiger partial charge in [0.05, 0.1) is 6.54 Å². The molecule has 1 N–H and O–H groups in total. The van der Waals surface area contributed by atoms with E-state index in [-0.39, 0.29) is 10.8 Å². The Hall–Kier alpha value is -1.97. The number of fused-ring (bicyclic) bond motifs is 1. The summed E-state index contributed by atoms with van der Waals surface area (Å²) < 4.78 is 27.8. The summed E-state index contributed by atoms with van der Waals surface area (Å²) in [6.07, 6.45) is 9.04. The summed E-state index contributed by atoms with van der Waals surface area (Å²) in [5, 5.41) is 0.612. The smallest absolute Gasteiger partial charge is 0.245 e. The van der Waals surface area contributed by atoms with Gasteiger partial charge in [-0.1, -0.05) is 19.3 Å². The number of nitrogens with zero attached hydrogens (tertiary/aromatic N) is 4. The number of amides is 1. The molecule has 2 aliphatic rings. The molecule has 2 aromatic heterocycles. The van der Waals surface area contributed by atoms with Gasteiger partial charge in [-0.15, -0.1) is 0 Å². The third-order valence-corrected chi connectivity index (χ3v) is 8.34. The van der Waals surface area contributed by atoms with E-state index in [1.54, 1.807) is 18.3 Å². The highest BCUT2D eigenvalue weighted by molar-refractivity contribution is 7.89. The summed E-state index contributed by atoms with van der Waals surface area (Å²) in [6.45, 7) is 5.06. The van der Waals surface area contributed by atoms with Gasteiger partial charge in [0.15, 0.2) is 0 Å². The maximum absolute atomic E-state index is 13.1. The van der Waals surface area contributed by atoms with E-state index < -0.39 is 10.0 Å². The Balaban J connectivity index is 1.37. The largest absolute Gasteiger partial charge is 0.345 e. The molecular formula is C21H31N5O3S. The van der Waals surface area contributed by atoms with Crippen LogP contribution in [0.2, 0.25) is 0 Å². The van der Waals surface area contributed by atoms with Crippen LogP contribution < -0.4 is 0 Å². The monoisotopic (exact) mass is 433 g/mol. The van der Waals surface area contributed by atoms with Gasteiger partial charge in [0.25, 0.3) is 0 Å². The number of pyridine rings is 1. The zero-order valence-electron chi connectivity index (χ0n) is 17.6. The van der Waals surface area contributed by atoms with Crippen LogP contribution in [0, 0.1) is 0 Å². The number of aromatic amines is 1. The average molecular weight is 434 g/mol. The highest BCUT2D eigenvalue weighted by Gasteiger charge is 2.32. The number of piperazine rings is 1. The molecule has 30 heavy (non-hydrogen) atoms. The normalized spacial score (nSPS) is 19.9. The lowest BCUT2D eigenvalue weighted by Crippen LogP contribution is -2.52. The van der Waals surface area contributed by atoms with Crippen LogP contribution in [0.15, 0.2) is 29.4 Å². The van der Waals surface area contributed by atoms with Crippen LogP contribution in [0.4, 0.5) is 0 Å². The molecule has 1 saturated heterocycles. The van der Waals surface area contributed by atoms with Crippen LogP contribution in [0.5, 0.6) is 0 Å². The zero-order chi connectivity index (χ0) is 21.1. The second-order valence-corrected chi connectivity index (χ2v) is 10.1. The Kier molecular flexibility index (Phi) is 6.40. The molecule has 1 saturated carbocycles. The third kappa shape index (κ3) is 4.24. The molecule has 0 atom stereocenters. The lowest BCUT2D eigenvalue weighted by molar-refractivity contribution is -0.135. The minimum absolute atomic E-state index is 0.170. The summed E-state index contributed by atoms with van der Waals surface area (Å²) in [5.41, 5.74) is 0.572. The fraction of sp³-hybridized carbons (Fsp3) is 0.619. The predicted molar refractivity (Wildman–Crippen MR) is 116 cm³/mol. The van der Waals surface area contributed by atoms with Gasteiger partial charge in [-0.3, -0.25) is 9.69 Å². The number of sulfonamides is 1. The molecule has 2 aromatic rings. The number of carbonyl (C=O) groups is 1. The SMILES string of the molecule is CCN(C(=O)CN1CCN(S(=O)(=O)c2c[nH]c3ncccc23)CC1)C1CCCCC1. The van der Waals surface area contributed by atoms with E-state index in [1.165, 1.54) is 29.8 Å². The van der Waals surface area contributed by atoms with E-state index in [4.69, 9.17) is 0 Å². The van der Waals surface area contributed by atoms with Crippen LogP contribution in [-0.4, -0.2) is 83.7 Å². The van der Waals surface area contributed by atoms with E-state index in [9.17, 15) is 13.2 Å². The van der Waals surface area contributed by atoms with Crippen molar-refractivity contribution in [3.63, 3.8) is 0 Å². The molecular weight excluding hydrogens is 402 g/mol. The van der Waals surface area contributed by atoms with E-state index in [1.807, 2.05) is 11.8 Å². The summed E-state index contributed by atoms with van der Waals surface area (Å²) in [7, 11) is -3.60. The van der Waals surface area contributed by atoms with Crippen LogP contribution in [0.25, 0.3) is 11.0 Å². The Morgan fingerprint density at radius 3 is 2.63 bits per heavy atom. The molecule has 2 fully saturated rings. The molecule has 0 unspecified atom stereocenters. The van der Waals surface area contributed by atoms with Gasteiger partial charge in [-0.2, -0.15) is 4.31 Å². The number of aromatic nitrogens is 2. The van der Waals surface area contributed by atoms with Gasteiger partial charge in [0.1, 0.15) is 10.5 Å². The predicted octanol–water partition coefficient (Wildman–Crippen LogP) is 2.05. The van der Waals surface area contributed by atoms with E-state index in [2.05, 4.69) is 14.9 Å². The van der Waals surface area contributed by atoms with Crippen LogP contribution in [0.1, 0.15) is 39.0 Å². The van der Waals surface area contributed by atoms with Crippen molar-refractivity contribution in [3.8, 4) is 0 Å². The van der Waals surface area contributed by atoms with Gasteiger partial charge in [0.2, 0.25) is 15.9 Å². The minimum Gasteiger partial charge on any atom is -0.345 e. The molecule has 0 spiro atoms. The Morgan fingerprint density at radius 1 is 1.20 bits per heavy atom. The van der Waals surface area contributed by atoms with Gasteiger partial charge in [-0.05, 0) is 31.9 Å². The first-order valence-electron chi connectivity index (χ1n) is 10.9. The molecule has 0 bridgehead atoms. The Labute approximate surface area is 178 Å². The second kappa shape index (κ2) is 9.03. The van der Waals surface area contributed by atoms with Crippen molar-refractivity contribution < 1.29 is 13.2 Å². The number of likely N-dealkylation sites (N-methyl/N-ethyl adjacent to an activating group) is 1. The van der Waals surface area contributed by atoms with Crippen molar-refractivity contribution >= 4 is 27.0 Å². The van der Waals surface area contributed by atoms with E-state index in [0.29, 0.717) is 49.8 Å². The molecule has 1 aliphatic heterocycles. The van der Waals surface area contributed by atoms with Gasteiger partial charge >= 0.3 is 0 Å². The second-order valence-electron chi connectivity index (χ2n) is 8.20. The quantitative estimate of drug-likeness (QED) is 0.753. The Morgan fingerprint density at radius 2 is 1.93 bits per heavy atom. The first-order chi connectivity index (χ1) is 14.5. The standard InChI is InChI=1S/C21H31N5O3S/c1-2-26(17-7-4-3-5-8-17)20(27)16-24-11-13-25(14-12-24)30(28,29)19-15-23-21-18(19)9-6-10-22-21/h6,9-10,15,17H,2-5,7-8,11-14,16H2,1H3,(H,22,23). The lowest BCUT2D eigenvalue weighted by atomic mass is 9.94. The molecule has 0 aromatic carbocycles. The maximum Gasteiger partial charge on any atom is 0.245 e. The van der Waals surface area contributed by atoms with E-state index >= 15 is 0 Å². The molecule has 164 valence electrons. The molecule has 3 heterocycles. The number of hydrogen-bond donors (Lipinski definition) is 1. The topological polar surface area (TPSA) is 89.6 Å². The fourth-order valence-electron chi connectivity index (χ4n) is 4.72. The van der Waals surface area contributed by atoms with Crippen molar-refractivity contribution in [3.05, 3.63) is 24.5 Å². The van der Waals surface area contributed by atoms with Crippen molar-refractivity contribution in [2.75, 3.05) is 39.3 Å². The summed E-state index contributed by atoms with van der Waals surface area (Å²) in [6, 6.07) is 3.88. The molecule has 0 radical (unpaired) electrons. The minimum atomic E-state index is -3.60. The zero-order valence-corrected chi connectivity index (χ0v) is 18.4. The third-order valence-electron chi connectivity index (χ3n) is 6.40. The first-order valence-corrected chi connectivity index (χ1v) is 12.4. The highest BCUT2D eigenvalue weighted by atomic mass is 32.2. The van der Waals surface area contributed by atoms with Gasteiger partial charge in [0, 0.05) is 56.5 Å². The number of rotatable bonds is 6. The summed E-state index contributed by atoms with van der Waals surface area (Å²) in [5.74, 6) is 0.170. The summed E-state index contributed by atoms with van der Waals surface area (Å²) >= 11 is 0. The van der Waals surface area contributed by atoms with Crippen molar-refractivity contribution in [2.45, 2.75) is 50.0 Å². The number of carbonyl (C=O) groups excluding carboxylic acids is 1. The van der Waals surface area contributed by atoms with Crippen molar-refractivity contribution in [1.82, 2.24) is 24.1 Å². The number of hydrogen-bond acceptors (Lipinski definition) is 5. The maximum atomic E-state index is 13.1. The van der Waals surface area contributed by atoms with Crippen LogP contribution in [0.3, 0.4) is 0 Å². The number of H-pyrrole nitrogens is 1. The highest BCUT2D eigenvalue weighted by Crippen LogP contribution is 2.26. The lowest BCUT2D eigenvalue weighted by Gasteiger charge is -2.37. The first kappa shape index (κ1) is 21.3.